The highest BCUT2D eigenvalue weighted by Gasteiger charge is 2.09. The molecule has 0 aliphatic carbocycles. The van der Waals surface area contributed by atoms with Crippen LogP contribution in [0.3, 0.4) is 0 Å². The number of primary amides is 1. The minimum atomic E-state index is -0.667. The number of hydrogen-bond acceptors (Lipinski definition) is 3. The van der Waals surface area contributed by atoms with Gasteiger partial charge in [0.25, 0.3) is 0 Å². The van der Waals surface area contributed by atoms with Crippen molar-refractivity contribution in [3.8, 4) is 6.07 Å². The second kappa shape index (κ2) is 5.51. The fourth-order valence-corrected chi connectivity index (χ4v) is 1.12. The molecular formula is C11H12N4O2. The van der Waals surface area contributed by atoms with Crippen molar-refractivity contribution in [3.05, 3.63) is 29.8 Å². The summed E-state index contributed by atoms with van der Waals surface area (Å²) in [6.45, 7) is -0.116. The Morgan fingerprint density at radius 1 is 1.41 bits per heavy atom. The van der Waals surface area contributed by atoms with Gasteiger partial charge in [0.15, 0.2) is 0 Å². The quantitative estimate of drug-likeness (QED) is 0.793. The summed E-state index contributed by atoms with van der Waals surface area (Å²) in [7, 11) is 1.43. The first kappa shape index (κ1) is 12.5. The number of carbonyl (C=O) groups excluding carboxylic acids is 2. The molecular weight excluding hydrogens is 220 g/mol. The van der Waals surface area contributed by atoms with Crippen molar-refractivity contribution >= 4 is 17.6 Å². The molecule has 0 atom stereocenters. The Morgan fingerprint density at radius 3 is 2.47 bits per heavy atom. The monoisotopic (exact) mass is 232 g/mol. The van der Waals surface area contributed by atoms with Crippen LogP contribution in [-0.4, -0.2) is 30.4 Å². The number of likely N-dealkylation sites (N-methyl/N-ethyl adjacent to an activating group) is 1. The van der Waals surface area contributed by atoms with E-state index in [1.165, 1.54) is 7.05 Å². The third-order valence-corrected chi connectivity index (χ3v) is 2.05. The van der Waals surface area contributed by atoms with E-state index in [2.05, 4.69) is 5.32 Å². The van der Waals surface area contributed by atoms with Gasteiger partial charge >= 0.3 is 6.03 Å². The average molecular weight is 232 g/mol. The summed E-state index contributed by atoms with van der Waals surface area (Å²) >= 11 is 0. The van der Waals surface area contributed by atoms with Crippen molar-refractivity contribution in [3.63, 3.8) is 0 Å². The van der Waals surface area contributed by atoms with Gasteiger partial charge in [-0.25, -0.2) is 4.79 Å². The van der Waals surface area contributed by atoms with Crippen LogP contribution in [0.2, 0.25) is 0 Å². The zero-order chi connectivity index (χ0) is 12.8. The summed E-state index contributed by atoms with van der Waals surface area (Å²) in [6, 6.07) is 7.71. The molecule has 0 saturated heterocycles. The fraction of sp³-hybridized carbons (Fsp3) is 0.182. The number of urea groups is 1. The summed E-state index contributed by atoms with van der Waals surface area (Å²) in [6.07, 6.45) is 0. The van der Waals surface area contributed by atoms with Gasteiger partial charge in [0, 0.05) is 12.7 Å². The molecule has 0 spiro atoms. The number of carbonyl (C=O) groups is 2. The molecule has 0 radical (unpaired) electrons. The number of rotatable bonds is 3. The summed E-state index contributed by atoms with van der Waals surface area (Å²) in [4.78, 5) is 23.3. The minimum Gasteiger partial charge on any atom is -0.351 e. The summed E-state index contributed by atoms with van der Waals surface area (Å²) in [5.41, 5.74) is 6.06. The van der Waals surface area contributed by atoms with Crippen molar-refractivity contribution in [1.82, 2.24) is 4.90 Å². The van der Waals surface area contributed by atoms with Crippen LogP contribution in [0.5, 0.6) is 0 Å². The molecule has 0 aromatic heterocycles. The first-order chi connectivity index (χ1) is 8.02. The van der Waals surface area contributed by atoms with E-state index < -0.39 is 6.03 Å². The van der Waals surface area contributed by atoms with Crippen molar-refractivity contribution in [2.45, 2.75) is 0 Å². The molecule has 6 heteroatoms. The number of amides is 3. The standard InChI is InChI=1S/C11H12N4O2/c1-15(11(13)17)7-10(16)14-9-4-2-8(6-12)3-5-9/h2-5H,7H2,1H3,(H2,13,17)(H,14,16). The molecule has 0 bridgehead atoms. The lowest BCUT2D eigenvalue weighted by Gasteiger charge is -2.13. The van der Waals surface area contributed by atoms with Crippen molar-refractivity contribution in [1.29, 1.82) is 5.26 Å². The lowest BCUT2D eigenvalue weighted by Crippen LogP contribution is -2.38. The number of nitrogens with one attached hydrogen (secondary N) is 1. The number of nitriles is 1. The molecule has 17 heavy (non-hydrogen) atoms. The molecule has 1 aromatic carbocycles. The Morgan fingerprint density at radius 2 is 2.00 bits per heavy atom. The number of anilines is 1. The van der Waals surface area contributed by atoms with Gasteiger partial charge in [0.2, 0.25) is 5.91 Å². The Bertz CT molecular complexity index is 461. The van der Waals surface area contributed by atoms with Gasteiger partial charge in [-0.1, -0.05) is 0 Å². The lowest BCUT2D eigenvalue weighted by atomic mass is 10.2. The first-order valence-electron chi connectivity index (χ1n) is 4.83. The SMILES string of the molecule is CN(CC(=O)Nc1ccc(C#N)cc1)C(N)=O. The maximum atomic E-state index is 11.5. The van der Waals surface area contributed by atoms with Gasteiger partial charge in [-0.05, 0) is 24.3 Å². The van der Waals surface area contributed by atoms with Crippen LogP contribution in [0, 0.1) is 11.3 Å². The second-order valence-corrected chi connectivity index (χ2v) is 3.43. The predicted molar refractivity (Wildman–Crippen MR) is 62.0 cm³/mol. The van der Waals surface area contributed by atoms with E-state index in [-0.39, 0.29) is 12.5 Å². The molecule has 6 nitrogen and oxygen atoms in total. The highest BCUT2D eigenvalue weighted by atomic mass is 16.2. The van der Waals surface area contributed by atoms with E-state index in [4.69, 9.17) is 11.0 Å². The van der Waals surface area contributed by atoms with Crippen LogP contribution in [-0.2, 0) is 4.79 Å². The molecule has 3 N–H and O–H groups in total. The molecule has 0 fully saturated rings. The molecule has 1 aromatic rings. The molecule has 0 unspecified atom stereocenters. The number of benzene rings is 1. The smallest absolute Gasteiger partial charge is 0.314 e. The van der Waals surface area contributed by atoms with Gasteiger partial charge in [-0.15, -0.1) is 0 Å². The second-order valence-electron chi connectivity index (χ2n) is 3.43. The minimum absolute atomic E-state index is 0.116. The molecule has 0 aliphatic heterocycles. The van der Waals surface area contributed by atoms with Crippen LogP contribution in [0.25, 0.3) is 0 Å². The molecule has 3 amide bonds. The molecule has 0 heterocycles. The third-order valence-electron chi connectivity index (χ3n) is 2.05. The van der Waals surface area contributed by atoms with Crippen LogP contribution >= 0.6 is 0 Å². The first-order valence-corrected chi connectivity index (χ1v) is 4.83. The van der Waals surface area contributed by atoms with E-state index in [1.54, 1.807) is 24.3 Å². The van der Waals surface area contributed by atoms with E-state index in [1.807, 2.05) is 6.07 Å². The van der Waals surface area contributed by atoms with Crippen molar-refractivity contribution in [2.75, 3.05) is 18.9 Å². The van der Waals surface area contributed by atoms with Crippen LogP contribution < -0.4 is 11.1 Å². The Hall–Kier alpha value is -2.55. The van der Waals surface area contributed by atoms with E-state index in [0.29, 0.717) is 11.3 Å². The Labute approximate surface area is 98.6 Å². The van der Waals surface area contributed by atoms with Gasteiger partial charge in [-0.2, -0.15) is 5.26 Å². The maximum absolute atomic E-state index is 11.5. The van der Waals surface area contributed by atoms with E-state index in [0.717, 1.165) is 4.90 Å². The largest absolute Gasteiger partial charge is 0.351 e. The van der Waals surface area contributed by atoms with Crippen molar-refractivity contribution in [2.24, 2.45) is 5.73 Å². The average Bonchev–Trinajstić information content (AvgIpc) is 2.29. The Kier molecular flexibility index (Phi) is 4.06. The zero-order valence-electron chi connectivity index (χ0n) is 9.30. The molecule has 88 valence electrons. The van der Waals surface area contributed by atoms with Gasteiger partial charge in [0.05, 0.1) is 11.6 Å². The van der Waals surface area contributed by atoms with E-state index >= 15 is 0 Å². The predicted octanol–water partition coefficient (Wildman–Crippen LogP) is 0.507. The van der Waals surface area contributed by atoms with Crippen molar-refractivity contribution < 1.29 is 9.59 Å². The molecule has 1 rings (SSSR count). The third kappa shape index (κ3) is 3.83. The van der Waals surface area contributed by atoms with Crippen LogP contribution in [0.15, 0.2) is 24.3 Å². The number of nitrogens with two attached hydrogens (primary N) is 1. The fourth-order valence-electron chi connectivity index (χ4n) is 1.12. The topological polar surface area (TPSA) is 99.2 Å². The van der Waals surface area contributed by atoms with Gasteiger partial charge < -0.3 is 16.0 Å². The van der Waals surface area contributed by atoms with Gasteiger partial charge in [-0.3, -0.25) is 4.79 Å². The highest BCUT2D eigenvalue weighted by Crippen LogP contribution is 2.08. The van der Waals surface area contributed by atoms with Crippen LogP contribution in [0.4, 0.5) is 10.5 Å². The molecule has 0 aliphatic rings. The lowest BCUT2D eigenvalue weighted by molar-refractivity contribution is -0.116. The summed E-state index contributed by atoms with van der Waals surface area (Å²) < 4.78 is 0. The summed E-state index contributed by atoms with van der Waals surface area (Å²) in [5, 5.41) is 11.2. The zero-order valence-corrected chi connectivity index (χ0v) is 9.30. The molecule has 0 saturated carbocycles. The number of hydrogen-bond donors (Lipinski definition) is 2. The normalized spacial score (nSPS) is 9.18. The Balaban J connectivity index is 2.56. The highest BCUT2D eigenvalue weighted by molar-refractivity contribution is 5.94. The maximum Gasteiger partial charge on any atom is 0.314 e. The van der Waals surface area contributed by atoms with Crippen LogP contribution in [0.1, 0.15) is 5.56 Å². The van der Waals surface area contributed by atoms with Gasteiger partial charge in [0.1, 0.15) is 6.54 Å². The number of nitrogens with zero attached hydrogens (tertiary/aromatic N) is 2. The van der Waals surface area contributed by atoms with E-state index in [9.17, 15) is 9.59 Å². The summed E-state index contributed by atoms with van der Waals surface area (Å²) in [5.74, 6) is -0.351.